The third kappa shape index (κ3) is 5.14. The first-order chi connectivity index (χ1) is 15.8. The predicted molar refractivity (Wildman–Crippen MR) is 126 cm³/mol. The van der Waals surface area contributed by atoms with Gasteiger partial charge in [-0.2, -0.15) is 5.10 Å². The van der Waals surface area contributed by atoms with Crippen LogP contribution in [0, 0.1) is 17.0 Å². The molecule has 0 fully saturated rings. The number of benzene rings is 3. The van der Waals surface area contributed by atoms with Gasteiger partial charge in [-0.1, -0.05) is 47.5 Å². The Hall–Kier alpha value is -3.88. The number of amides is 1. The summed E-state index contributed by atoms with van der Waals surface area (Å²) in [7, 11) is 0. The van der Waals surface area contributed by atoms with Crippen LogP contribution in [-0.2, 0) is 0 Å². The van der Waals surface area contributed by atoms with Gasteiger partial charge < -0.3 is 10.1 Å². The Bertz CT molecular complexity index is 1370. The third-order valence-corrected chi connectivity index (χ3v) is 5.46. The summed E-state index contributed by atoms with van der Waals surface area (Å²) in [6.45, 7) is 1.86. The third-order valence-electron chi connectivity index (χ3n) is 4.72. The molecule has 33 heavy (non-hydrogen) atoms. The topological polar surface area (TPSA) is 110 Å². The van der Waals surface area contributed by atoms with Crippen LogP contribution < -0.4 is 10.1 Å². The van der Waals surface area contributed by atoms with Crippen molar-refractivity contribution in [3.8, 4) is 22.8 Å². The van der Waals surface area contributed by atoms with Crippen LogP contribution in [0.5, 0.6) is 11.5 Å². The van der Waals surface area contributed by atoms with E-state index in [0.29, 0.717) is 27.1 Å². The molecular weight excluding hydrogens is 467 g/mol. The Kier molecular flexibility index (Phi) is 6.30. The molecule has 1 amide bonds. The van der Waals surface area contributed by atoms with E-state index in [2.05, 4.69) is 15.5 Å². The van der Waals surface area contributed by atoms with E-state index >= 15 is 0 Å². The zero-order chi connectivity index (χ0) is 23.5. The number of aryl methyl sites for hydroxylation is 1. The number of carbonyl (C=O) groups is 1. The lowest BCUT2D eigenvalue weighted by atomic mass is 10.1. The van der Waals surface area contributed by atoms with Gasteiger partial charge in [0.2, 0.25) is 0 Å². The normalized spacial score (nSPS) is 10.6. The maximum Gasteiger partial charge on any atom is 0.275 e. The molecule has 166 valence electrons. The molecule has 0 saturated heterocycles. The number of rotatable bonds is 6. The SMILES string of the molecule is Cc1ccccc1Oc1cc(NC(=O)c2cc(-c3ccc(Cl)c(Cl)c3)n[nH]2)cc([N+](=O)[O-])c1. The first kappa shape index (κ1) is 22.3. The number of non-ortho nitro benzene ring substituents is 1. The number of nitrogens with zero attached hydrogens (tertiary/aromatic N) is 2. The highest BCUT2D eigenvalue weighted by Crippen LogP contribution is 2.32. The van der Waals surface area contributed by atoms with Crippen molar-refractivity contribution in [1.29, 1.82) is 0 Å². The van der Waals surface area contributed by atoms with E-state index in [9.17, 15) is 14.9 Å². The van der Waals surface area contributed by atoms with Gasteiger partial charge >= 0.3 is 0 Å². The molecule has 0 radical (unpaired) electrons. The largest absolute Gasteiger partial charge is 0.457 e. The summed E-state index contributed by atoms with van der Waals surface area (Å²) in [5, 5.41) is 21.6. The summed E-state index contributed by atoms with van der Waals surface area (Å²) in [6, 6.07) is 17.8. The smallest absolute Gasteiger partial charge is 0.275 e. The van der Waals surface area contributed by atoms with E-state index in [-0.39, 0.29) is 22.8 Å². The molecule has 2 N–H and O–H groups in total. The lowest BCUT2D eigenvalue weighted by Crippen LogP contribution is -2.12. The lowest BCUT2D eigenvalue weighted by molar-refractivity contribution is -0.384. The molecule has 1 aromatic heterocycles. The molecule has 0 bridgehead atoms. The summed E-state index contributed by atoms with van der Waals surface area (Å²) < 4.78 is 5.81. The zero-order valence-corrected chi connectivity index (χ0v) is 18.6. The zero-order valence-electron chi connectivity index (χ0n) is 17.1. The number of anilines is 1. The molecule has 0 saturated carbocycles. The Morgan fingerprint density at radius 2 is 1.85 bits per heavy atom. The van der Waals surface area contributed by atoms with Crippen LogP contribution in [0.3, 0.4) is 0 Å². The molecule has 0 unspecified atom stereocenters. The quantitative estimate of drug-likeness (QED) is 0.236. The second kappa shape index (κ2) is 9.32. The average molecular weight is 483 g/mol. The summed E-state index contributed by atoms with van der Waals surface area (Å²) >= 11 is 12.0. The van der Waals surface area contributed by atoms with Crippen LogP contribution in [0.25, 0.3) is 11.3 Å². The van der Waals surface area contributed by atoms with Crippen LogP contribution in [0.1, 0.15) is 16.1 Å². The van der Waals surface area contributed by atoms with E-state index in [1.807, 2.05) is 19.1 Å². The molecule has 3 aromatic carbocycles. The Morgan fingerprint density at radius 3 is 2.58 bits per heavy atom. The molecule has 0 aliphatic heterocycles. The number of nitro benzene ring substituents is 1. The van der Waals surface area contributed by atoms with Crippen molar-refractivity contribution in [2.24, 2.45) is 0 Å². The molecule has 1 heterocycles. The molecule has 8 nitrogen and oxygen atoms in total. The molecule has 0 atom stereocenters. The first-order valence-corrected chi connectivity index (χ1v) is 10.4. The van der Waals surface area contributed by atoms with Crippen molar-refractivity contribution in [3.63, 3.8) is 0 Å². The number of H-pyrrole nitrogens is 1. The molecule has 4 aromatic rings. The predicted octanol–water partition coefficient (Wildman–Crippen LogP) is 6.64. The lowest BCUT2D eigenvalue weighted by Gasteiger charge is -2.10. The molecule has 0 aliphatic rings. The number of aromatic amines is 1. The van der Waals surface area contributed by atoms with Crippen molar-refractivity contribution >= 4 is 40.5 Å². The Labute approximate surface area is 198 Å². The fraction of sp³-hybridized carbons (Fsp3) is 0.0435. The number of halogens is 2. The van der Waals surface area contributed by atoms with Crippen LogP contribution in [-0.4, -0.2) is 21.0 Å². The fourth-order valence-electron chi connectivity index (χ4n) is 3.06. The van der Waals surface area contributed by atoms with E-state index in [1.54, 1.807) is 30.3 Å². The highest BCUT2D eigenvalue weighted by atomic mass is 35.5. The number of nitro groups is 1. The monoisotopic (exact) mass is 482 g/mol. The first-order valence-electron chi connectivity index (χ1n) is 9.65. The fourth-order valence-corrected chi connectivity index (χ4v) is 3.36. The van der Waals surface area contributed by atoms with Gasteiger partial charge in [-0.05, 0) is 36.8 Å². The van der Waals surface area contributed by atoms with Crippen molar-refractivity contribution < 1.29 is 14.5 Å². The highest BCUT2D eigenvalue weighted by Gasteiger charge is 2.16. The van der Waals surface area contributed by atoms with Crippen LogP contribution in [0.2, 0.25) is 10.0 Å². The molecule has 4 rings (SSSR count). The second-order valence-electron chi connectivity index (χ2n) is 7.09. The molecule has 10 heteroatoms. The number of ether oxygens (including phenoxy) is 1. The van der Waals surface area contributed by atoms with E-state index < -0.39 is 10.8 Å². The minimum atomic E-state index is -0.557. The van der Waals surface area contributed by atoms with Gasteiger partial charge in [0.15, 0.2) is 0 Å². The number of carbonyl (C=O) groups excluding carboxylic acids is 1. The summed E-state index contributed by atoms with van der Waals surface area (Å²) in [5.41, 5.74) is 2.15. The minimum Gasteiger partial charge on any atom is -0.457 e. The Balaban J connectivity index is 1.58. The van der Waals surface area contributed by atoms with E-state index in [0.717, 1.165) is 5.56 Å². The van der Waals surface area contributed by atoms with Gasteiger partial charge in [-0.3, -0.25) is 20.0 Å². The van der Waals surface area contributed by atoms with Crippen molar-refractivity contribution in [2.45, 2.75) is 6.92 Å². The average Bonchev–Trinajstić information content (AvgIpc) is 3.27. The van der Waals surface area contributed by atoms with Crippen molar-refractivity contribution in [3.05, 3.63) is 98.1 Å². The maximum atomic E-state index is 12.7. The van der Waals surface area contributed by atoms with Gasteiger partial charge in [0, 0.05) is 17.7 Å². The van der Waals surface area contributed by atoms with Crippen LogP contribution >= 0.6 is 23.2 Å². The summed E-state index contributed by atoms with van der Waals surface area (Å²) in [6.07, 6.45) is 0. The van der Waals surface area contributed by atoms with Gasteiger partial charge in [0.25, 0.3) is 11.6 Å². The number of hydrogen-bond donors (Lipinski definition) is 2. The van der Waals surface area contributed by atoms with Crippen LogP contribution in [0.15, 0.2) is 66.7 Å². The maximum absolute atomic E-state index is 12.7. The van der Waals surface area contributed by atoms with Gasteiger partial charge in [-0.15, -0.1) is 0 Å². The Morgan fingerprint density at radius 1 is 1.06 bits per heavy atom. The summed E-state index contributed by atoms with van der Waals surface area (Å²) in [4.78, 5) is 23.6. The number of hydrogen-bond acceptors (Lipinski definition) is 5. The van der Waals surface area contributed by atoms with E-state index in [4.69, 9.17) is 27.9 Å². The van der Waals surface area contributed by atoms with Gasteiger partial charge in [0.1, 0.15) is 17.2 Å². The van der Waals surface area contributed by atoms with Crippen molar-refractivity contribution in [2.75, 3.05) is 5.32 Å². The highest BCUT2D eigenvalue weighted by molar-refractivity contribution is 6.42. The van der Waals surface area contributed by atoms with Gasteiger partial charge in [0.05, 0.1) is 32.4 Å². The van der Waals surface area contributed by atoms with Crippen LogP contribution in [0.4, 0.5) is 11.4 Å². The molecular formula is C23H16Cl2N4O4. The minimum absolute atomic E-state index is 0.156. The standard InChI is InChI=1S/C23H16Cl2N4O4/c1-13-4-2-3-5-22(13)33-17-10-15(9-16(11-17)29(31)32)26-23(30)21-12-20(27-28-21)14-6-7-18(24)19(25)8-14/h2-12H,1H3,(H,26,30)(H,27,28). The van der Waals surface area contributed by atoms with Gasteiger partial charge in [-0.25, -0.2) is 0 Å². The number of nitrogens with one attached hydrogen (secondary N) is 2. The molecule has 0 aliphatic carbocycles. The second-order valence-corrected chi connectivity index (χ2v) is 7.90. The number of aromatic nitrogens is 2. The summed E-state index contributed by atoms with van der Waals surface area (Å²) in [5.74, 6) is 0.237. The number of para-hydroxylation sites is 1. The van der Waals surface area contributed by atoms with E-state index in [1.165, 1.54) is 24.3 Å². The van der Waals surface area contributed by atoms with Crippen molar-refractivity contribution in [1.82, 2.24) is 10.2 Å². The molecule has 0 spiro atoms.